The number of aromatic nitrogens is 2. The van der Waals surface area contributed by atoms with E-state index in [2.05, 4.69) is 15.3 Å². The third-order valence-electron chi connectivity index (χ3n) is 2.84. The van der Waals surface area contributed by atoms with Crippen molar-refractivity contribution in [3.8, 4) is 0 Å². The molecule has 94 valence electrons. The molecule has 0 aliphatic rings. The minimum absolute atomic E-state index is 0.0169. The van der Waals surface area contributed by atoms with Crippen molar-refractivity contribution in [3.05, 3.63) is 23.8 Å². The molecular formula is C11H17N3O3. The van der Waals surface area contributed by atoms with Gasteiger partial charge in [0.05, 0.1) is 12.3 Å². The number of carboxylic acids is 1. The molecule has 0 aliphatic heterocycles. The van der Waals surface area contributed by atoms with Gasteiger partial charge in [0.2, 0.25) is 0 Å². The van der Waals surface area contributed by atoms with Gasteiger partial charge in [-0.25, -0.2) is 14.8 Å². The van der Waals surface area contributed by atoms with Gasteiger partial charge in [0.25, 0.3) is 0 Å². The number of carboxylic acid groups (broad SMARTS) is 1. The zero-order valence-corrected chi connectivity index (χ0v) is 9.97. The highest BCUT2D eigenvalue weighted by Crippen LogP contribution is 2.10. The Labute approximate surface area is 99.7 Å². The van der Waals surface area contributed by atoms with E-state index < -0.39 is 11.5 Å². The van der Waals surface area contributed by atoms with Gasteiger partial charge in [-0.3, -0.25) is 0 Å². The lowest BCUT2D eigenvalue weighted by atomic mass is 10.00. The zero-order chi connectivity index (χ0) is 12.9. The predicted octanol–water partition coefficient (Wildman–Crippen LogP) is 0.425. The molecule has 6 heteroatoms. The number of aliphatic hydroxyl groups excluding tert-OH is 1. The van der Waals surface area contributed by atoms with E-state index in [4.69, 9.17) is 5.11 Å². The van der Waals surface area contributed by atoms with Crippen molar-refractivity contribution >= 4 is 5.97 Å². The molecule has 1 aromatic rings. The van der Waals surface area contributed by atoms with E-state index in [9.17, 15) is 9.90 Å². The van der Waals surface area contributed by atoms with Gasteiger partial charge in [0.15, 0.2) is 0 Å². The van der Waals surface area contributed by atoms with Crippen LogP contribution in [0.2, 0.25) is 0 Å². The summed E-state index contributed by atoms with van der Waals surface area (Å²) >= 11 is 0. The van der Waals surface area contributed by atoms with Crippen LogP contribution in [0.3, 0.4) is 0 Å². The molecule has 0 aliphatic carbocycles. The number of nitrogens with zero attached hydrogens (tertiary/aromatic N) is 2. The Hall–Kier alpha value is -1.53. The molecule has 1 atom stereocenters. The number of carbonyl (C=O) groups is 1. The van der Waals surface area contributed by atoms with E-state index in [0.717, 1.165) is 6.42 Å². The molecule has 6 nitrogen and oxygen atoms in total. The van der Waals surface area contributed by atoms with Gasteiger partial charge >= 0.3 is 5.97 Å². The maximum absolute atomic E-state index is 10.9. The van der Waals surface area contributed by atoms with Crippen LogP contribution in [0.25, 0.3) is 0 Å². The highest BCUT2D eigenvalue weighted by atomic mass is 16.4. The van der Waals surface area contributed by atoms with E-state index >= 15 is 0 Å². The lowest BCUT2D eigenvalue weighted by Crippen LogP contribution is -2.44. The number of rotatable bonds is 6. The third kappa shape index (κ3) is 3.47. The molecule has 0 fully saturated rings. The van der Waals surface area contributed by atoms with Crippen molar-refractivity contribution in [1.29, 1.82) is 0 Å². The summed E-state index contributed by atoms with van der Waals surface area (Å²) in [5.41, 5.74) is 0.0674. The number of hydrogen-bond donors (Lipinski definition) is 3. The lowest BCUT2D eigenvalue weighted by molar-refractivity contribution is 0.0694. The van der Waals surface area contributed by atoms with E-state index in [-0.39, 0.29) is 18.7 Å². The van der Waals surface area contributed by atoms with Crippen molar-refractivity contribution in [2.75, 3.05) is 6.61 Å². The van der Waals surface area contributed by atoms with Crippen LogP contribution in [0.15, 0.2) is 12.5 Å². The smallest absolute Gasteiger partial charge is 0.339 e. The fraction of sp³-hybridized carbons (Fsp3) is 0.545. The Kier molecular flexibility index (Phi) is 4.53. The molecule has 0 bridgehead atoms. The predicted molar refractivity (Wildman–Crippen MR) is 61.6 cm³/mol. The molecule has 1 aromatic heterocycles. The minimum atomic E-state index is -1.05. The number of aliphatic hydroxyl groups is 1. The van der Waals surface area contributed by atoms with Crippen molar-refractivity contribution in [3.63, 3.8) is 0 Å². The number of aromatic carboxylic acids is 1. The average molecular weight is 239 g/mol. The van der Waals surface area contributed by atoms with Crippen LogP contribution >= 0.6 is 0 Å². The SMILES string of the molecule is CCC(C)(CO)NCc1ncncc1C(=O)O. The van der Waals surface area contributed by atoms with E-state index in [1.165, 1.54) is 12.5 Å². The molecule has 17 heavy (non-hydrogen) atoms. The minimum Gasteiger partial charge on any atom is -0.478 e. The van der Waals surface area contributed by atoms with E-state index in [0.29, 0.717) is 5.69 Å². The first kappa shape index (κ1) is 13.5. The van der Waals surface area contributed by atoms with E-state index in [1.807, 2.05) is 13.8 Å². The van der Waals surface area contributed by atoms with Gasteiger partial charge in [0, 0.05) is 18.3 Å². The van der Waals surface area contributed by atoms with Crippen LogP contribution in [0, 0.1) is 0 Å². The van der Waals surface area contributed by atoms with Crippen LogP contribution < -0.4 is 5.32 Å². The second-order valence-electron chi connectivity index (χ2n) is 4.11. The topological polar surface area (TPSA) is 95.3 Å². The molecule has 0 saturated carbocycles. The molecule has 1 rings (SSSR count). The summed E-state index contributed by atoms with van der Waals surface area (Å²) in [6, 6.07) is 0. The molecule has 0 saturated heterocycles. The van der Waals surface area contributed by atoms with Gasteiger partial charge in [-0.2, -0.15) is 0 Å². The van der Waals surface area contributed by atoms with Crippen molar-refractivity contribution < 1.29 is 15.0 Å². The first-order valence-electron chi connectivity index (χ1n) is 5.40. The van der Waals surface area contributed by atoms with Crippen molar-refractivity contribution in [2.45, 2.75) is 32.4 Å². The Morgan fingerprint density at radius 2 is 2.29 bits per heavy atom. The third-order valence-corrected chi connectivity index (χ3v) is 2.84. The quantitative estimate of drug-likeness (QED) is 0.666. The summed E-state index contributed by atoms with van der Waals surface area (Å²) in [6.07, 6.45) is 3.32. The molecule has 0 aromatic carbocycles. The molecule has 3 N–H and O–H groups in total. The molecule has 0 spiro atoms. The number of hydrogen-bond acceptors (Lipinski definition) is 5. The van der Waals surface area contributed by atoms with Crippen LogP contribution in [0.1, 0.15) is 36.3 Å². The van der Waals surface area contributed by atoms with Crippen molar-refractivity contribution in [1.82, 2.24) is 15.3 Å². The summed E-state index contributed by atoms with van der Waals surface area (Å²) < 4.78 is 0. The van der Waals surface area contributed by atoms with Crippen LogP contribution in [-0.4, -0.2) is 38.3 Å². The first-order valence-corrected chi connectivity index (χ1v) is 5.40. The van der Waals surface area contributed by atoms with Gasteiger partial charge in [-0.05, 0) is 13.3 Å². The monoisotopic (exact) mass is 239 g/mol. The Bertz CT molecular complexity index is 391. The van der Waals surface area contributed by atoms with Gasteiger partial charge < -0.3 is 15.5 Å². The Morgan fingerprint density at radius 3 is 2.82 bits per heavy atom. The van der Waals surface area contributed by atoms with Crippen LogP contribution in [-0.2, 0) is 6.54 Å². The highest BCUT2D eigenvalue weighted by Gasteiger charge is 2.21. The summed E-state index contributed by atoms with van der Waals surface area (Å²) in [6.45, 7) is 4.09. The van der Waals surface area contributed by atoms with Crippen LogP contribution in [0.4, 0.5) is 0 Å². The van der Waals surface area contributed by atoms with Gasteiger partial charge in [-0.1, -0.05) is 6.92 Å². The molecule has 1 unspecified atom stereocenters. The van der Waals surface area contributed by atoms with E-state index in [1.54, 1.807) is 0 Å². The lowest BCUT2D eigenvalue weighted by Gasteiger charge is -2.27. The summed E-state index contributed by atoms with van der Waals surface area (Å²) in [5, 5.41) is 21.3. The summed E-state index contributed by atoms with van der Waals surface area (Å²) in [4.78, 5) is 18.5. The number of nitrogens with one attached hydrogen (secondary N) is 1. The zero-order valence-electron chi connectivity index (χ0n) is 9.97. The summed E-state index contributed by atoms with van der Waals surface area (Å²) in [5.74, 6) is -1.05. The Balaban J connectivity index is 2.79. The average Bonchev–Trinajstić information content (AvgIpc) is 2.36. The molecule has 0 radical (unpaired) electrons. The molecule has 1 heterocycles. The molecule has 0 amide bonds. The second-order valence-corrected chi connectivity index (χ2v) is 4.11. The highest BCUT2D eigenvalue weighted by molar-refractivity contribution is 5.88. The summed E-state index contributed by atoms with van der Waals surface area (Å²) in [7, 11) is 0. The standard InChI is InChI=1S/C11H17N3O3/c1-3-11(2,6-15)14-5-9-8(10(16)17)4-12-7-13-9/h4,7,14-15H,3,5-6H2,1-2H3,(H,16,17). The maximum atomic E-state index is 10.9. The normalized spacial score (nSPS) is 14.3. The fourth-order valence-electron chi connectivity index (χ4n) is 1.26. The van der Waals surface area contributed by atoms with Crippen LogP contribution in [0.5, 0.6) is 0 Å². The largest absolute Gasteiger partial charge is 0.478 e. The van der Waals surface area contributed by atoms with Gasteiger partial charge in [-0.15, -0.1) is 0 Å². The fourth-order valence-corrected chi connectivity index (χ4v) is 1.26. The Morgan fingerprint density at radius 1 is 1.59 bits per heavy atom. The first-order chi connectivity index (χ1) is 8.02. The molecular weight excluding hydrogens is 222 g/mol. The van der Waals surface area contributed by atoms with Crippen molar-refractivity contribution in [2.24, 2.45) is 0 Å². The second kappa shape index (κ2) is 5.70. The van der Waals surface area contributed by atoms with Gasteiger partial charge in [0.1, 0.15) is 11.9 Å². The maximum Gasteiger partial charge on any atom is 0.339 e.